The molecule has 0 aromatic carbocycles. The minimum absolute atomic E-state index is 0.00627. The summed E-state index contributed by atoms with van der Waals surface area (Å²) in [4.78, 5) is 28.0. The molecule has 1 aromatic heterocycles. The summed E-state index contributed by atoms with van der Waals surface area (Å²) in [7, 11) is 1.34. The van der Waals surface area contributed by atoms with Crippen LogP contribution < -0.4 is 11.1 Å². The van der Waals surface area contributed by atoms with Gasteiger partial charge in [0, 0.05) is 5.69 Å². The molecule has 0 saturated carbocycles. The number of amides is 1. The molecule has 1 atom stereocenters. The number of nitrogens with one attached hydrogen (secondary N) is 1. The number of esters is 1. The van der Waals surface area contributed by atoms with E-state index in [1.807, 2.05) is 13.8 Å². The van der Waals surface area contributed by atoms with Gasteiger partial charge in [-0.3, -0.25) is 4.79 Å². The molecule has 0 spiro atoms. The van der Waals surface area contributed by atoms with Gasteiger partial charge in [-0.15, -0.1) is 0 Å². The van der Waals surface area contributed by atoms with E-state index in [-0.39, 0.29) is 11.9 Å². The fourth-order valence-electron chi connectivity index (χ4n) is 2.54. The van der Waals surface area contributed by atoms with E-state index in [0.29, 0.717) is 11.4 Å². The highest BCUT2D eigenvalue weighted by Crippen LogP contribution is 2.26. The third-order valence-corrected chi connectivity index (χ3v) is 3.73. The number of nitrogens with two attached hydrogens (primary N) is 1. The van der Waals surface area contributed by atoms with Crippen LogP contribution in [0.2, 0.25) is 0 Å². The zero-order valence-electron chi connectivity index (χ0n) is 12.6. The lowest BCUT2D eigenvalue weighted by Gasteiger charge is -2.22. The van der Waals surface area contributed by atoms with Crippen molar-refractivity contribution in [3.63, 3.8) is 0 Å². The van der Waals surface area contributed by atoms with Crippen LogP contribution in [0.4, 0.5) is 5.82 Å². The van der Waals surface area contributed by atoms with Gasteiger partial charge in [-0.1, -0.05) is 13.8 Å². The Labute approximate surface area is 124 Å². The molecule has 1 unspecified atom stereocenters. The molecule has 0 saturated heterocycles. The number of primary amides is 1. The normalized spacial score (nSPS) is 14.7. The lowest BCUT2D eigenvalue weighted by molar-refractivity contribution is -0.142. The van der Waals surface area contributed by atoms with Crippen LogP contribution in [-0.4, -0.2) is 30.0 Å². The molecular formula is C15H21N3O3. The minimum atomic E-state index is -0.569. The van der Waals surface area contributed by atoms with E-state index in [1.54, 1.807) is 6.07 Å². The van der Waals surface area contributed by atoms with Crippen molar-refractivity contribution in [2.75, 3.05) is 12.4 Å². The zero-order valence-corrected chi connectivity index (χ0v) is 12.6. The fraction of sp³-hybridized carbons (Fsp3) is 0.533. The highest BCUT2D eigenvalue weighted by atomic mass is 16.5. The van der Waals surface area contributed by atoms with Gasteiger partial charge in [0.05, 0.1) is 12.7 Å². The Balaban J connectivity index is 2.38. The van der Waals surface area contributed by atoms with Crippen molar-refractivity contribution in [1.29, 1.82) is 0 Å². The maximum Gasteiger partial charge on any atom is 0.328 e. The third kappa shape index (κ3) is 3.15. The number of nitrogens with zero attached hydrogens (tertiary/aromatic N) is 1. The highest BCUT2D eigenvalue weighted by Gasteiger charge is 2.26. The Morgan fingerprint density at radius 3 is 2.67 bits per heavy atom. The van der Waals surface area contributed by atoms with E-state index in [4.69, 9.17) is 10.5 Å². The molecule has 6 heteroatoms. The van der Waals surface area contributed by atoms with Gasteiger partial charge >= 0.3 is 5.97 Å². The first-order valence-corrected chi connectivity index (χ1v) is 7.11. The van der Waals surface area contributed by atoms with Gasteiger partial charge in [-0.2, -0.15) is 0 Å². The Kier molecular flexibility index (Phi) is 4.45. The van der Waals surface area contributed by atoms with Crippen LogP contribution in [0.15, 0.2) is 6.07 Å². The van der Waals surface area contributed by atoms with Crippen LogP contribution in [-0.2, 0) is 22.4 Å². The number of aromatic nitrogens is 1. The first kappa shape index (κ1) is 15.3. The Bertz CT molecular complexity index is 570. The molecule has 1 aliphatic rings. The summed E-state index contributed by atoms with van der Waals surface area (Å²) in [6.07, 6.45) is 2.82. The first-order valence-electron chi connectivity index (χ1n) is 7.11. The summed E-state index contributed by atoms with van der Waals surface area (Å²) in [5.41, 5.74) is 7.79. The van der Waals surface area contributed by atoms with E-state index in [0.717, 1.165) is 30.5 Å². The van der Waals surface area contributed by atoms with Crippen LogP contribution in [0.3, 0.4) is 0 Å². The highest BCUT2D eigenvalue weighted by molar-refractivity contribution is 5.98. The number of methoxy groups -OCH3 is 1. The summed E-state index contributed by atoms with van der Waals surface area (Å²) >= 11 is 0. The average molecular weight is 291 g/mol. The van der Waals surface area contributed by atoms with E-state index in [2.05, 4.69) is 10.3 Å². The van der Waals surface area contributed by atoms with Gasteiger partial charge in [-0.25, -0.2) is 9.78 Å². The quantitative estimate of drug-likeness (QED) is 0.797. The number of anilines is 1. The van der Waals surface area contributed by atoms with Crippen LogP contribution in [0, 0.1) is 5.92 Å². The van der Waals surface area contributed by atoms with Crippen LogP contribution >= 0.6 is 0 Å². The molecule has 2 rings (SSSR count). The van der Waals surface area contributed by atoms with Gasteiger partial charge in [0.2, 0.25) is 0 Å². The topological polar surface area (TPSA) is 94.3 Å². The van der Waals surface area contributed by atoms with Crippen LogP contribution in [0.5, 0.6) is 0 Å². The summed E-state index contributed by atoms with van der Waals surface area (Å²) in [6, 6.07) is 1.22. The molecule has 6 nitrogen and oxygen atoms in total. The molecule has 0 radical (unpaired) electrons. The first-order chi connectivity index (χ1) is 9.93. The predicted octanol–water partition coefficient (Wildman–Crippen LogP) is 1.28. The number of aryl methyl sites for hydroxylation is 2. The Hall–Kier alpha value is -2.11. The Morgan fingerprint density at radius 2 is 2.10 bits per heavy atom. The Morgan fingerprint density at radius 1 is 1.38 bits per heavy atom. The van der Waals surface area contributed by atoms with Crippen LogP contribution in [0.25, 0.3) is 0 Å². The van der Waals surface area contributed by atoms with Crippen molar-refractivity contribution >= 4 is 17.7 Å². The van der Waals surface area contributed by atoms with Crippen molar-refractivity contribution in [3.8, 4) is 0 Å². The van der Waals surface area contributed by atoms with Gasteiger partial charge in [0.1, 0.15) is 11.9 Å². The predicted molar refractivity (Wildman–Crippen MR) is 79.0 cm³/mol. The molecule has 1 aliphatic carbocycles. The summed E-state index contributed by atoms with van der Waals surface area (Å²) < 4.78 is 4.79. The van der Waals surface area contributed by atoms with Crippen molar-refractivity contribution in [2.45, 2.75) is 39.2 Å². The number of carbonyl (C=O) groups is 2. The molecule has 3 N–H and O–H groups in total. The minimum Gasteiger partial charge on any atom is -0.467 e. The van der Waals surface area contributed by atoms with Gasteiger partial charge in [0.15, 0.2) is 0 Å². The molecule has 21 heavy (non-hydrogen) atoms. The molecule has 114 valence electrons. The van der Waals surface area contributed by atoms with E-state index < -0.39 is 11.9 Å². The van der Waals surface area contributed by atoms with Crippen molar-refractivity contribution in [2.24, 2.45) is 11.7 Å². The number of ether oxygens (including phenoxy) is 1. The maximum absolute atomic E-state index is 11.8. The third-order valence-electron chi connectivity index (χ3n) is 3.73. The van der Waals surface area contributed by atoms with Crippen LogP contribution in [0.1, 0.15) is 41.9 Å². The number of rotatable bonds is 5. The number of fused-ring (bicyclic) bond motifs is 1. The average Bonchev–Trinajstić information content (AvgIpc) is 2.89. The number of hydrogen-bond acceptors (Lipinski definition) is 5. The second kappa shape index (κ2) is 6.11. The van der Waals surface area contributed by atoms with Crippen molar-refractivity contribution in [3.05, 3.63) is 22.9 Å². The van der Waals surface area contributed by atoms with Gasteiger partial charge in [0.25, 0.3) is 5.91 Å². The molecule has 0 fully saturated rings. The van der Waals surface area contributed by atoms with Crippen molar-refractivity contribution in [1.82, 2.24) is 4.98 Å². The number of hydrogen-bond donors (Lipinski definition) is 2. The molecule has 1 aromatic rings. The maximum atomic E-state index is 11.8. The zero-order chi connectivity index (χ0) is 15.6. The molecule has 0 aliphatic heterocycles. The van der Waals surface area contributed by atoms with E-state index >= 15 is 0 Å². The fourth-order valence-corrected chi connectivity index (χ4v) is 2.54. The summed E-state index contributed by atoms with van der Waals surface area (Å²) in [5, 5.41) is 3.02. The summed E-state index contributed by atoms with van der Waals surface area (Å²) in [5.74, 6) is -0.574. The second-order valence-corrected chi connectivity index (χ2v) is 5.60. The molecular weight excluding hydrogens is 270 g/mol. The number of carbonyl (C=O) groups excluding carboxylic acids is 2. The molecule has 0 bridgehead atoms. The SMILES string of the molecule is COC(=O)C(Nc1nc2c(cc1C(N)=O)CCC2)C(C)C. The second-order valence-electron chi connectivity index (χ2n) is 5.60. The summed E-state index contributed by atoms with van der Waals surface area (Å²) in [6.45, 7) is 3.79. The van der Waals surface area contributed by atoms with Gasteiger partial charge in [-0.05, 0) is 36.8 Å². The lowest BCUT2D eigenvalue weighted by Crippen LogP contribution is -2.36. The largest absolute Gasteiger partial charge is 0.467 e. The molecule has 1 heterocycles. The smallest absolute Gasteiger partial charge is 0.328 e. The van der Waals surface area contributed by atoms with Crippen molar-refractivity contribution < 1.29 is 14.3 Å². The monoisotopic (exact) mass is 291 g/mol. The van der Waals surface area contributed by atoms with E-state index in [1.165, 1.54) is 7.11 Å². The van der Waals surface area contributed by atoms with Gasteiger partial charge < -0.3 is 15.8 Å². The van der Waals surface area contributed by atoms with E-state index in [9.17, 15) is 9.59 Å². The number of pyridine rings is 1. The lowest BCUT2D eigenvalue weighted by atomic mass is 10.0. The molecule has 1 amide bonds. The standard InChI is InChI=1S/C15H21N3O3/c1-8(2)12(15(20)21-3)18-14-10(13(16)19)7-9-5-4-6-11(9)17-14/h7-8,12H,4-6H2,1-3H3,(H2,16,19)(H,17,18).